The Labute approximate surface area is 154 Å². The van der Waals surface area contributed by atoms with E-state index in [1.165, 1.54) is 5.56 Å². The molecular weight excluding hydrogens is 330 g/mol. The first-order valence-corrected chi connectivity index (χ1v) is 8.83. The molecule has 26 heavy (non-hydrogen) atoms. The minimum Gasteiger partial charge on any atom is -0.484 e. The molecule has 0 saturated carbocycles. The number of rotatable bonds is 8. The van der Waals surface area contributed by atoms with Crippen molar-refractivity contribution in [1.29, 1.82) is 0 Å². The molecule has 1 amide bonds. The van der Waals surface area contributed by atoms with Crippen molar-refractivity contribution in [1.82, 2.24) is 0 Å². The number of benzene rings is 2. The molecule has 138 valence electrons. The molecule has 5 heteroatoms. The van der Waals surface area contributed by atoms with Crippen molar-refractivity contribution in [2.24, 2.45) is 0 Å². The lowest BCUT2D eigenvalue weighted by Crippen LogP contribution is -2.20. The summed E-state index contributed by atoms with van der Waals surface area (Å²) in [5.74, 6) is 0.518. The summed E-state index contributed by atoms with van der Waals surface area (Å²) in [5.41, 5.74) is 2.30. The number of carbonyl (C=O) groups is 2. The van der Waals surface area contributed by atoms with E-state index in [9.17, 15) is 9.59 Å². The van der Waals surface area contributed by atoms with E-state index in [4.69, 9.17) is 9.47 Å². The summed E-state index contributed by atoms with van der Waals surface area (Å²) in [5, 5.41) is 2.73. The van der Waals surface area contributed by atoms with Crippen LogP contribution in [-0.2, 0) is 9.53 Å². The predicted molar refractivity (Wildman–Crippen MR) is 102 cm³/mol. The molecule has 0 bridgehead atoms. The molecular formula is C21H25NO4. The molecule has 2 rings (SSSR count). The summed E-state index contributed by atoms with van der Waals surface area (Å²) >= 11 is 0. The van der Waals surface area contributed by atoms with Crippen LogP contribution in [0.1, 0.15) is 49.0 Å². The molecule has 0 saturated heterocycles. The van der Waals surface area contributed by atoms with Gasteiger partial charge in [0, 0.05) is 5.69 Å². The van der Waals surface area contributed by atoms with Crippen LogP contribution in [0, 0.1) is 0 Å². The first kappa shape index (κ1) is 19.5. The molecule has 0 heterocycles. The molecule has 5 nitrogen and oxygen atoms in total. The molecule has 2 aromatic carbocycles. The van der Waals surface area contributed by atoms with Crippen LogP contribution in [0.3, 0.4) is 0 Å². The van der Waals surface area contributed by atoms with Gasteiger partial charge in [0.05, 0.1) is 12.2 Å². The average Bonchev–Trinajstić information content (AvgIpc) is 2.67. The van der Waals surface area contributed by atoms with Crippen LogP contribution in [0.4, 0.5) is 5.69 Å². The normalized spacial score (nSPS) is 11.5. The van der Waals surface area contributed by atoms with E-state index in [-0.39, 0.29) is 18.5 Å². The highest BCUT2D eigenvalue weighted by Gasteiger charge is 2.08. The van der Waals surface area contributed by atoms with Crippen LogP contribution in [0.25, 0.3) is 0 Å². The van der Waals surface area contributed by atoms with Gasteiger partial charge in [-0.15, -0.1) is 0 Å². The Bertz CT molecular complexity index is 723. The lowest BCUT2D eigenvalue weighted by molar-refractivity contribution is -0.118. The highest BCUT2D eigenvalue weighted by molar-refractivity contribution is 5.93. The van der Waals surface area contributed by atoms with Gasteiger partial charge >= 0.3 is 5.97 Å². The van der Waals surface area contributed by atoms with Crippen molar-refractivity contribution < 1.29 is 19.1 Å². The van der Waals surface area contributed by atoms with Gasteiger partial charge in [-0.1, -0.05) is 26.0 Å². The monoisotopic (exact) mass is 355 g/mol. The quantitative estimate of drug-likeness (QED) is 0.713. The van der Waals surface area contributed by atoms with Gasteiger partial charge in [0.2, 0.25) is 0 Å². The molecule has 1 N–H and O–H groups in total. The van der Waals surface area contributed by atoms with Gasteiger partial charge in [-0.3, -0.25) is 4.79 Å². The third-order valence-corrected chi connectivity index (χ3v) is 4.11. The molecule has 0 radical (unpaired) electrons. The second-order valence-corrected chi connectivity index (χ2v) is 6.01. The zero-order valence-electron chi connectivity index (χ0n) is 15.5. The van der Waals surface area contributed by atoms with Crippen molar-refractivity contribution in [3.63, 3.8) is 0 Å². The fraction of sp³-hybridized carbons (Fsp3) is 0.333. The molecule has 0 spiro atoms. The van der Waals surface area contributed by atoms with Crippen molar-refractivity contribution in [3.8, 4) is 5.75 Å². The van der Waals surface area contributed by atoms with Gasteiger partial charge in [0.1, 0.15) is 5.75 Å². The average molecular weight is 355 g/mol. The smallest absolute Gasteiger partial charge is 0.338 e. The first-order valence-electron chi connectivity index (χ1n) is 8.83. The van der Waals surface area contributed by atoms with Crippen molar-refractivity contribution in [2.75, 3.05) is 18.5 Å². The number of ether oxygens (including phenoxy) is 2. The van der Waals surface area contributed by atoms with Gasteiger partial charge < -0.3 is 14.8 Å². The Morgan fingerprint density at radius 2 is 1.65 bits per heavy atom. The van der Waals surface area contributed by atoms with Crippen LogP contribution in [0.5, 0.6) is 5.75 Å². The minimum absolute atomic E-state index is 0.0810. The third kappa shape index (κ3) is 5.62. The molecule has 0 aromatic heterocycles. The first-order chi connectivity index (χ1) is 12.5. The van der Waals surface area contributed by atoms with E-state index < -0.39 is 0 Å². The van der Waals surface area contributed by atoms with Gasteiger partial charge in [0.15, 0.2) is 6.61 Å². The topological polar surface area (TPSA) is 64.6 Å². The Balaban J connectivity index is 1.84. The predicted octanol–water partition coefficient (Wildman–Crippen LogP) is 4.39. The Morgan fingerprint density at radius 3 is 2.23 bits per heavy atom. The zero-order valence-corrected chi connectivity index (χ0v) is 15.5. The molecule has 0 aliphatic heterocycles. The standard InChI is InChI=1S/C21H25NO4/c1-4-15(3)16-8-12-19(13-9-16)26-14-20(23)22-18-10-6-17(7-11-18)21(24)25-5-2/h6-13,15H,4-5,14H2,1-3H3,(H,22,23)/t15-/m0/s1. The van der Waals surface area contributed by atoms with Crippen molar-refractivity contribution >= 4 is 17.6 Å². The number of anilines is 1. The van der Waals surface area contributed by atoms with Gasteiger partial charge in [-0.25, -0.2) is 4.79 Å². The third-order valence-electron chi connectivity index (χ3n) is 4.11. The maximum absolute atomic E-state index is 12.0. The van der Waals surface area contributed by atoms with E-state index in [0.29, 0.717) is 29.5 Å². The Hall–Kier alpha value is -2.82. The molecule has 0 fully saturated rings. The van der Waals surface area contributed by atoms with E-state index in [1.807, 2.05) is 24.3 Å². The number of hydrogen-bond acceptors (Lipinski definition) is 4. The van der Waals surface area contributed by atoms with E-state index in [0.717, 1.165) is 6.42 Å². The van der Waals surface area contributed by atoms with E-state index in [2.05, 4.69) is 19.2 Å². The number of hydrogen-bond donors (Lipinski definition) is 1. The van der Waals surface area contributed by atoms with E-state index in [1.54, 1.807) is 31.2 Å². The van der Waals surface area contributed by atoms with Crippen LogP contribution in [-0.4, -0.2) is 25.1 Å². The van der Waals surface area contributed by atoms with Crippen LogP contribution < -0.4 is 10.1 Å². The summed E-state index contributed by atoms with van der Waals surface area (Å²) in [6.07, 6.45) is 1.08. The SMILES string of the molecule is CCOC(=O)c1ccc(NC(=O)COc2ccc([C@@H](C)CC)cc2)cc1. The molecule has 0 aliphatic rings. The second kappa shape index (κ2) is 9.61. The van der Waals surface area contributed by atoms with Crippen LogP contribution in [0.2, 0.25) is 0 Å². The number of nitrogens with one attached hydrogen (secondary N) is 1. The zero-order chi connectivity index (χ0) is 18.9. The highest BCUT2D eigenvalue weighted by Crippen LogP contribution is 2.21. The molecule has 0 aliphatic carbocycles. The minimum atomic E-state index is -0.380. The number of esters is 1. The molecule has 2 aromatic rings. The fourth-order valence-electron chi connectivity index (χ4n) is 2.38. The number of amides is 1. The summed E-state index contributed by atoms with van der Waals surface area (Å²) in [6.45, 7) is 6.33. The molecule has 1 atom stereocenters. The lowest BCUT2D eigenvalue weighted by atomic mass is 9.99. The van der Waals surface area contributed by atoms with Crippen LogP contribution >= 0.6 is 0 Å². The van der Waals surface area contributed by atoms with Gasteiger partial charge in [0.25, 0.3) is 5.91 Å². The lowest BCUT2D eigenvalue weighted by Gasteiger charge is -2.11. The second-order valence-electron chi connectivity index (χ2n) is 6.01. The van der Waals surface area contributed by atoms with Crippen molar-refractivity contribution in [3.05, 3.63) is 59.7 Å². The number of carbonyl (C=O) groups excluding carboxylic acids is 2. The fourth-order valence-corrected chi connectivity index (χ4v) is 2.38. The maximum atomic E-state index is 12.0. The molecule has 0 unspecified atom stereocenters. The summed E-state index contributed by atoms with van der Waals surface area (Å²) in [4.78, 5) is 23.6. The van der Waals surface area contributed by atoms with Crippen molar-refractivity contribution in [2.45, 2.75) is 33.1 Å². The summed E-state index contributed by atoms with van der Waals surface area (Å²) in [6, 6.07) is 14.3. The summed E-state index contributed by atoms with van der Waals surface area (Å²) in [7, 11) is 0. The van der Waals surface area contributed by atoms with Gasteiger partial charge in [-0.05, 0) is 61.2 Å². The highest BCUT2D eigenvalue weighted by atomic mass is 16.5. The Morgan fingerprint density at radius 1 is 1.00 bits per heavy atom. The van der Waals surface area contributed by atoms with E-state index >= 15 is 0 Å². The maximum Gasteiger partial charge on any atom is 0.338 e. The summed E-state index contributed by atoms with van der Waals surface area (Å²) < 4.78 is 10.4. The largest absolute Gasteiger partial charge is 0.484 e. The van der Waals surface area contributed by atoms with Gasteiger partial charge in [-0.2, -0.15) is 0 Å². The Kier molecular flexibility index (Phi) is 7.21. The van der Waals surface area contributed by atoms with Crippen LogP contribution in [0.15, 0.2) is 48.5 Å².